The minimum Gasteiger partial charge on any atom is -0.299 e. The first kappa shape index (κ1) is 8.01. The van der Waals surface area contributed by atoms with Gasteiger partial charge in [-0.2, -0.15) is 5.26 Å². The Labute approximate surface area is 86.2 Å². The fourth-order valence-electron chi connectivity index (χ4n) is 1.77. The van der Waals surface area contributed by atoms with E-state index in [1.54, 1.807) is 6.07 Å². The Balaban J connectivity index is 2.61. The second-order valence-electron chi connectivity index (χ2n) is 3.33. The molecule has 3 nitrogen and oxygen atoms in total. The van der Waals surface area contributed by atoms with Crippen LogP contribution in [0.1, 0.15) is 5.56 Å². The Kier molecular flexibility index (Phi) is 1.51. The SMILES string of the molecule is N#Cc1cccn2c1nc1ccccc12. The molecule has 0 amide bonds. The number of hydrogen-bond donors (Lipinski definition) is 0. The van der Waals surface area contributed by atoms with E-state index in [1.165, 1.54) is 0 Å². The third-order valence-corrected chi connectivity index (χ3v) is 2.46. The molecule has 0 aliphatic carbocycles. The van der Waals surface area contributed by atoms with Gasteiger partial charge < -0.3 is 0 Å². The van der Waals surface area contributed by atoms with Gasteiger partial charge in [-0.05, 0) is 24.3 Å². The predicted molar refractivity (Wildman–Crippen MR) is 57.4 cm³/mol. The van der Waals surface area contributed by atoms with Crippen LogP contribution in [0.5, 0.6) is 0 Å². The van der Waals surface area contributed by atoms with Gasteiger partial charge in [0.15, 0.2) is 5.65 Å². The summed E-state index contributed by atoms with van der Waals surface area (Å²) in [5.41, 5.74) is 3.28. The summed E-state index contributed by atoms with van der Waals surface area (Å²) in [6, 6.07) is 13.6. The molecule has 0 bridgehead atoms. The fraction of sp³-hybridized carbons (Fsp3) is 0. The van der Waals surface area contributed by atoms with Gasteiger partial charge in [-0.1, -0.05) is 12.1 Å². The van der Waals surface area contributed by atoms with Crippen molar-refractivity contribution < 1.29 is 0 Å². The molecule has 0 fully saturated rings. The maximum Gasteiger partial charge on any atom is 0.155 e. The fourth-order valence-corrected chi connectivity index (χ4v) is 1.77. The zero-order chi connectivity index (χ0) is 10.3. The second-order valence-corrected chi connectivity index (χ2v) is 3.33. The molecule has 0 aliphatic rings. The highest BCUT2D eigenvalue weighted by Gasteiger charge is 2.06. The number of hydrogen-bond acceptors (Lipinski definition) is 2. The van der Waals surface area contributed by atoms with Gasteiger partial charge in [0.1, 0.15) is 6.07 Å². The van der Waals surface area contributed by atoms with E-state index in [0.29, 0.717) is 5.56 Å². The van der Waals surface area contributed by atoms with E-state index in [-0.39, 0.29) is 0 Å². The zero-order valence-corrected chi connectivity index (χ0v) is 7.88. The lowest BCUT2D eigenvalue weighted by molar-refractivity contribution is 1.21. The number of pyridine rings is 1. The summed E-state index contributed by atoms with van der Waals surface area (Å²) in [6.45, 7) is 0. The monoisotopic (exact) mass is 193 g/mol. The first-order chi connectivity index (χ1) is 7.40. The molecule has 0 N–H and O–H groups in total. The summed E-state index contributed by atoms with van der Waals surface area (Å²) >= 11 is 0. The normalized spacial score (nSPS) is 10.6. The number of nitrogens with zero attached hydrogens (tertiary/aromatic N) is 3. The summed E-state index contributed by atoms with van der Waals surface area (Å²) in [5.74, 6) is 0. The second kappa shape index (κ2) is 2.82. The van der Waals surface area contributed by atoms with Crippen molar-refractivity contribution in [1.82, 2.24) is 9.38 Å². The number of benzene rings is 1. The Hall–Kier alpha value is -2.34. The largest absolute Gasteiger partial charge is 0.299 e. The summed E-state index contributed by atoms with van der Waals surface area (Å²) in [7, 11) is 0. The molecule has 0 saturated heterocycles. The van der Waals surface area contributed by atoms with Crippen LogP contribution in [0.3, 0.4) is 0 Å². The van der Waals surface area contributed by atoms with Crippen LogP contribution in [0.4, 0.5) is 0 Å². The third-order valence-electron chi connectivity index (χ3n) is 2.46. The topological polar surface area (TPSA) is 41.1 Å². The van der Waals surface area contributed by atoms with Crippen LogP contribution in [0.2, 0.25) is 0 Å². The summed E-state index contributed by atoms with van der Waals surface area (Å²) in [4.78, 5) is 4.43. The maximum absolute atomic E-state index is 8.96. The van der Waals surface area contributed by atoms with Crippen molar-refractivity contribution in [2.45, 2.75) is 0 Å². The van der Waals surface area contributed by atoms with Gasteiger partial charge in [-0.25, -0.2) is 4.98 Å². The van der Waals surface area contributed by atoms with Gasteiger partial charge in [0.05, 0.1) is 16.6 Å². The molecule has 3 aromatic rings. The van der Waals surface area contributed by atoms with E-state index in [4.69, 9.17) is 5.26 Å². The molecule has 0 aliphatic heterocycles. The molecule has 3 rings (SSSR count). The Bertz CT molecular complexity index is 689. The molecule has 70 valence electrons. The molecule has 0 unspecified atom stereocenters. The molecule has 0 atom stereocenters. The minimum absolute atomic E-state index is 0.605. The van der Waals surface area contributed by atoms with Crippen molar-refractivity contribution in [3.63, 3.8) is 0 Å². The maximum atomic E-state index is 8.96. The van der Waals surface area contributed by atoms with Crippen LogP contribution in [0.25, 0.3) is 16.7 Å². The average Bonchev–Trinajstić information content (AvgIpc) is 2.67. The van der Waals surface area contributed by atoms with Crippen LogP contribution >= 0.6 is 0 Å². The van der Waals surface area contributed by atoms with Crippen molar-refractivity contribution in [3.05, 3.63) is 48.2 Å². The van der Waals surface area contributed by atoms with Crippen molar-refractivity contribution in [2.24, 2.45) is 0 Å². The van der Waals surface area contributed by atoms with E-state index < -0.39 is 0 Å². The van der Waals surface area contributed by atoms with E-state index >= 15 is 0 Å². The number of aromatic nitrogens is 2. The van der Waals surface area contributed by atoms with E-state index in [2.05, 4.69) is 11.1 Å². The van der Waals surface area contributed by atoms with Crippen molar-refractivity contribution in [3.8, 4) is 6.07 Å². The first-order valence-corrected chi connectivity index (χ1v) is 4.66. The smallest absolute Gasteiger partial charge is 0.155 e. The average molecular weight is 193 g/mol. The number of imidazole rings is 1. The predicted octanol–water partition coefficient (Wildman–Crippen LogP) is 2.36. The lowest BCUT2D eigenvalue weighted by atomic mass is 10.3. The standard InChI is InChI=1S/C12H7N3/c13-8-9-4-3-7-15-11-6-2-1-5-10(11)14-12(9)15/h1-7H. The number of fused-ring (bicyclic) bond motifs is 3. The molecule has 2 heterocycles. The third kappa shape index (κ3) is 1.02. The van der Waals surface area contributed by atoms with Crippen molar-refractivity contribution >= 4 is 16.7 Å². The van der Waals surface area contributed by atoms with Gasteiger partial charge in [0, 0.05) is 6.20 Å². The van der Waals surface area contributed by atoms with Gasteiger partial charge in [0.25, 0.3) is 0 Å². The van der Waals surface area contributed by atoms with Gasteiger partial charge >= 0.3 is 0 Å². The quantitative estimate of drug-likeness (QED) is 0.550. The van der Waals surface area contributed by atoms with Crippen LogP contribution in [-0.4, -0.2) is 9.38 Å². The summed E-state index contributed by atoms with van der Waals surface area (Å²) in [6.07, 6.45) is 1.92. The number of nitriles is 1. The molecular formula is C12H7N3. The zero-order valence-electron chi connectivity index (χ0n) is 7.88. The molecular weight excluding hydrogens is 186 g/mol. The van der Waals surface area contributed by atoms with E-state index in [9.17, 15) is 0 Å². The highest BCUT2D eigenvalue weighted by atomic mass is 15.0. The van der Waals surface area contributed by atoms with Crippen LogP contribution in [0, 0.1) is 11.3 Å². The minimum atomic E-state index is 0.605. The highest BCUT2D eigenvalue weighted by Crippen LogP contribution is 2.17. The molecule has 1 aromatic carbocycles. The van der Waals surface area contributed by atoms with Crippen LogP contribution < -0.4 is 0 Å². The lowest BCUT2D eigenvalue weighted by Gasteiger charge is -1.94. The van der Waals surface area contributed by atoms with Gasteiger partial charge in [-0.15, -0.1) is 0 Å². The lowest BCUT2D eigenvalue weighted by Crippen LogP contribution is -1.86. The van der Waals surface area contributed by atoms with Crippen LogP contribution in [0.15, 0.2) is 42.6 Å². The number of rotatable bonds is 0. The van der Waals surface area contributed by atoms with Crippen molar-refractivity contribution in [2.75, 3.05) is 0 Å². The molecule has 0 saturated carbocycles. The van der Waals surface area contributed by atoms with E-state index in [1.807, 2.05) is 40.9 Å². The Morgan fingerprint density at radius 2 is 2.00 bits per heavy atom. The molecule has 3 heteroatoms. The van der Waals surface area contributed by atoms with Gasteiger partial charge in [-0.3, -0.25) is 4.40 Å². The van der Waals surface area contributed by atoms with E-state index in [0.717, 1.165) is 16.7 Å². The highest BCUT2D eigenvalue weighted by molar-refractivity contribution is 5.81. The Morgan fingerprint density at radius 1 is 1.13 bits per heavy atom. The first-order valence-electron chi connectivity index (χ1n) is 4.66. The van der Waals surface area contributed by atoms with Crippen LogP contribution in [-0.2, 0) is 0 Å². The summed E-state index contributed by atoms with van der Waals surface area (Å²) < 4.78 is 1.94. The molecule has 0 spiro atoms. The molecule has 15 heavy (non-hydrogen) atoms. The number of para-hydroxylation sites is 2. The Morgan fingerprint density at radius 3 is 2.87 bits per heavy atom. The molecule has 2 aromatic heterocycles. The van der Waals surface area contributed by atoms with Crippen molar-refractivity contribution in [1.29, 1.82) is 5.26 Å². The summed E-state index contributed by atoms with van der Waals surface area (Å²) in [5, 5.41) is 8.96. The van der Waals surface area contributed by atoms with Gasteiger partial charge in [0.2, 0.25) is 0 Å². The molecule has 0 radical (unpaired) electrons.